The van der Waals surface area contributed by atoms with E-state index in [0.717, 1.165) is 28.0 Å². The highest BCUT2D eigenvalue weighted by atomic mass is 32.2. The number of carbonyl (C=O) groups excluding carboxylic acids is 1. The topological polar surface area (TPSA) is 65.4 Å². The van der Waals surface area contributed by atoms with Gasteiger partial charge >= 0.3 is 0 Å². The lowest BCUT2D eigenvalue weighted by molar-refractivity contribution is -0.126. The molecule has 6 nitrogen and oxygen atoms in total. The van der Waals surface area contributed by atoms with Gasteiger partial charge in [0.1, 0.15) is 18.1 Å². The summed E-state index contributed by atoms with van der Waals surface area (Å²) in [5, 5.41) is 3.94. The fourth-order valence-corrected chi connectivity index (χ4v) is 3.39. The van der Waals surface area contributed by atoms with Crippen molar-refractivity contribution in [2.45, 2.75) is 11.6 Å². The zero-order chi connectivity index (χ0) is 16.9. The Bertz CT molecular complexity index is 717. The quantitative estimate of drug-likeness (QED) is 0.638. The van der Waals surface area contributed by atoms with Crippen LogP contribution in [0.1, 0.15) is 5.56 Å². The van der Waals surface area contributed by atoms with Crippen LogP contribution in [0.2, 0.25) is 0 Å². The summed E-state index contributed by atoms with van der Waals surface area (Å²) in [5.41, 5.74) is 1.05. The molecule has 1 aliphatic rings. The number of thioether (sulfide) groups is 1. The van der Waals surface area contributed by atoms with Crippen LogP contribution in [0.15, 0.2) is 35.7 Å². The summed E-state index contributed by atoms with van der Waals surface area (Å²) in [4.78, 5) is 16.6. The van der Waals surface area contributed by atoms with Crippen LogP contribution in [-0.4, -0.2) is 41.5 Å². The third-order valence-corrected chi connectivity index (χ3v) is 5.02. The van der Waals surface area contributed by atoms with Gasteiger partial charge in [-0.25, -0.2) is 4.98 Å². The smallest absolute Gasteiger partial charge is 0.226 e. The van der Waals surface area contributed by atoms with Gasteiger partial charge in [0.2, 0.25) is 5.91 Å². The Morgan fingerprint density at radius 1 is 1.54 bits per heavy atom. The van der Waals surface area contributed by atoms with Crippen LogP contribution in [0.5, 0.6) is 11.5 Å². The number of methoxy groups -OCH3 is 1. The number of nitrogens with one attached hydrogen (secondary N) is 1. The maximum Gasteiger partial charge on any atom is 0.226 e. The monoisotopic (exact) mass is 347 g/mol. The number of carbonyl (C=O) groups is 1. The number of imidazole rings is 1. The number of ether oxygens (including phenoxy) is 2. The normalized spacial score (nSPS) is 16.2. The van der Waals surface area contributed by atoms with E-state index in [-0.39, 0.29) is 11.8 Å². The summed E-state index contributed by atoms with van der Waals surface area (Å²) >= 11 is 1.63. The van der Waals surface area contributed by atoms with Crippen LogP contribution >= 0.6 is 11.8 Å². The second-order valence-corrected chi connectivity index (χ2v) is 6.71. The number of benzene rings is 1. The van der Waals surface area contributed by atoms with Gasteiger partial charge in [0.05, 0.1) is 13.0 Å². The van der Waals surface area contributed by atoms with Gasteiger partial charge in [0.15, 0.2) is 5.16 Å². The summed E-state index contributed by atoms with van der Waals surface area (Å²) in [6.07, 6.45) is 4.37. The number of fused-ring (bicyclic) bond motifs is 1. The Morgan fingerprint density at radius 2 is 2.42 bits per heavy atom. The van der Waals surface area contributed by atoms with E-state index >= 15 is 0 Å². The summed E-state index contributed by atoms with van der Waals surface area (Å²) in [6.45, 7) is 1.01. The molecule has 0 bridgehead atoms. The van der Waals surface area contributed by atoms with Gasteiger partial charge in [-0.05, 0) is 18.1 Å². The number of hydrogen-bond acceptors (Lipinski definition) is 5. The molecule has 1 aromatic carbocycles. The Morgan fingerprint density at radius 3 is 3.17 bits per heavy atom. The van der Waals surface area contributed by atoms with Crippen LogP contribution in [0, 0.1) is 5.92 Å². The molecule has 0 fully saturated rings. The molecule has 0 radical (unpaired) electrons. The maximum atomic E-state index is 12.3. The van der Waals surface area contributed by atoms with Crippen molar-refractivity contribution in [2.75, 3.05) is 26.0 Å². The predicted octanol–water partition coefficient (Wildman–Crippen LogP) is 1.89. The summed E-state index contributed by atoms with van der Waals surface area (Å²) in [6, 6.07) is 5.73. The van der Waals surface area contributed by atoms with Crippen LogP contribution in [-0.2, 0) is 18.3 Å². The van der Waals surface area contributed by atoms with Crippen molar-refractivity contribution in [3.8, 4) is 11.5 Å². The number of aryl methyl sites for hydroxylation is 1. The van der Waals surface area contributed by atoms with Crippen molar-refractivity contribution in [2.24, 2.45) is 13.0 Å². The molecule has 0 unspecified atom stereocenters. The number of nitrogens with zero attached hydrogens (tertiary/aromatic N) is 2. The van der Waals surface area contributed by atoms with Crippen LogP contribution in [0.3, 0.4) is 0 Å². The molecule has 0 saturated heterocycles. The van der Waals surface area contributed by atoms with Crippen molar-refractivity contribution in [1.82, 2.24) is 14.9 Å². The molecule has 3 rings (SSSR count). The number of aromatic nitrogens is 2. The molecule has 1 aliphatic heterocycles. The molecule has 0 saturated carbocycles. The average molecular weight is 347 g/mol. The number of rotatable bonds is 6. The third-order valence-electron chi connectivity index (χ3n) is 3.96. The summed E-state index contributed by atoms with van der Waals surface area (Å²) in [7, 11) is 3.59. The van der Waals surface area contributed by atoms with E-state index in [0.29, 0.717) is 19.6 Å². The molecule has 2 aromatic rings. The molecule has 1 amide bonds. The van der Waals surface area contributed by atoms with Gasteiger partial charge in [0, 0.05) is 37.8 Å². The maximum absolute atomic E-state index is 12.3. The first-order chi connectivity index (χ1) is 11.7. The molecule has 128 valence electrons. The molecule has 2 heterocycles. The lowest BCUT2D eigenvalue weighted by atomic mass is 9.96. The molecule has 7 heteroatoms. The first-order valence-corrected chi connectivity index (χ1v) is 8.83. The SMILES string of the molecule is COc1ccc2c(c1)OC[C@H](C(=O)NCCSc1nccn1C)C2. The van der Waals surface area contributed by atoms with E-state index in [9.17, 15) is 4.79 Å². The van der Waals surface area contributed by atoms with E-state index in [1.54, 1.807) is 25.1 Å². The standard InChI is InChI=1S/C17H21N3O3S/c1-20-7-5-19-17(20)24-8-6-18-16(21)13-9-12-3-4-14(22-2)10-15(12)23-11-13/h3-5,7,10,13H,6,8-9,11H2,1-2H3,(H,18,21)/t13-/m1/s1. The fourth-order valence-electron chi connectivity index (χ4n) is 2.60. The van der Waals surface area contributed by atoms with Crippen LogP contribution in [0.25, 0.3) is 0 Å². The third kappa shape index (κ3) is 3.84. The van der Waals surface area contributed by atoms with Crippen LogP contribution in [0.4, 0.5) is 0 Å². The van der Waals surface area contributed by atoms with Crippen molar-refractivity contribution in [3.05, 3.63) is 36.2 Å². The van der Waals surface area contributed by atoms with Gasteiger partial charge in [-0.1, -0.05) is 17.8 Å². The van der Waals surface area contributed by atoms with E-state index in [2.05, 4.69) is 10.3 Å². The molecule has 1 aromatic heterocycles. The predicted molar refractivity (Wildman–Crippen MR) is 92.6 cm³/mol. The van der Waals surface area contributed by atoms with E-state index < -0.39 is 0 Å². The zero-order valence-corrected chi connectivity index (χ0v) is 14.6. The highest BCUT2D eigenvalue weighted by molar-refractivity contribution is 7.99. The molecule has 1 atom stereocenters. The molecule has 1 N–H and O–H groups in total. The first-order valence-electron chi connectivity index (χ1n) is 7.85. The van der Waals surface area contributed by atoms with Gasteiger partial charge in [-0.15, -0.1) is 0 Å². The van der Waals surface area contributed by atoms with Crippen molar-refractivity contribution in [3.63, 3.8) is 0 Å². The Labute approximate surface area is 145 Å². The van der Waals surface area contributed by atoms with Crippen LogP contribution < -0.4 is 14.8 Å². The summed E-state index contributed by atoms with van der Waals surface area (Å²) < 4.78 is 12.9. The van der Waals surface area contributed by atoms with Gasteiger partial charge in [-0.2, -0.15) is 0 Å². The lowest BCUT2D eigenvalue weighted by Crippen LogP contribution is -2.38. The summed E-state index contributed by atoms with van der Waals surface area (Å²) in [5.74, 6) is 2.26. The Balaban J connectivity index is 1.46. The second-order valence-electron chi connectivity index (χ2n) is 5.65. The van der Waals surface area contributed by atoms with Crippen molar-refractivity contribution >= 4 is 17.7 Å². The van der Waals surface area contributed by atoms with E-state index in [4.69, 9.17) is 9.47 Å². The minimum absolute atomic E-state index is 0.0388. The van der Waals surface area contributed by atoms with Crippen molar-refractivity contribution < 1.29 is 14.3 Å². The molecular weight excluding hydrogens is 326 g/mol. The molecule has 24 heavy (non-hydrogen) atoms. The average Bonchev–Trinajstić information content (AvgIpc) is 3.02. The van der Waals surface area contributed by atoms with Gasteiger partial charge in [0.25, 0.3) is 0 Å². The van der Waals surface area contributed by atoms with E-state index in [1.807, 2.05) is 36.0 Å². The first kappa shape index (κ1) is 16.7. The molecule has 0 aliphatic carbocycles. The number of hydrogen-bond donors (Lipinski definition) is 1. The number of amides is 1. The minimum Gasteiger partial charge on any atom is -0.497 e. The molecular formula is C17H21N3O3S. The van der Waals surface area contributed by atoms with Gasteiger partial charge in [-0.3, -0.25) is 4.79 Å². The second kappa shape index (κ2) is 7.61. The Kier molecular flexibility index (Phi) is 5.30. The largest absolute Gasteiger partial charge is 0.497 e. The molecule has 0 spiro atoms. The minimum atomic E-state index is -0.149. The van der Waals surface area contributed by atoms with E-state index in [1.165, 1.54) is 0 Å². The fraction of sp³-hybridized carbons (Fsp3) is 0.412. The van der Waals surface area contributed by atoms with Gasteiger partial charge < -0.3 is 19.4 Å². The highest BCUT2D eigenvalue weighted by Gasteiger charge is 2.26. The Hall–Kier alpha value is -2.15. The van der Waals surface area contributed by atoms with Crippen molar-refractivity contribution in [1.29, 1.82) is 0 Å². The zero-order valence-electron chi connectivity index (χ0n) is 13.8. The highest BCUT2D eigenvalue weighted by Crippen LogP contribution is 2.31. The lowest BCUT2D eigenvalue weighted by Gasteiger charge is -2.25.